The molecule has 1 saturated heterocycles. The van der Waals surface area contributed by atoms with Crippen molar-refractivity contribution >= 4 is 18.2 Å². The minimum Gasteiger partial charge on any atom is -0.453 e. The van der Waals surface area contributed by atoms with Crippen molar-refractivity contribution in [3.8, 4) is 0 Å². The van der Waals surface area contributed by atoms with E-state index in [0.717, 1.165) is 0 Å². The zero-order valence-electron chi connectivity index (χ0n) is 18.2. The molecule has 10 heteroatoms. The first-order chi connectivity index (χ1) is 16.5. The van der Waals surface area contributed by atoms with Gasteiger partial charge in [0.1, 0.15) is 25.1 Å². The van der Waals surface area contributed by atoms with Crippen LogP contribution in [0.4, 0.5) is 0 Å². The van der Waals surface area contributed by atoms with Gasteiger partial charge in [-0.25, -0.2) is 9.59 Å². The number of hydrogen-bond acceptors (Lipinski definition) is 10. The number of rotatable bonds is 11. The van der Waals surface area contributed by atoms with E-state index in [-0.39, 0.29) is 30.9 Å². The third kappa shape index (κ3) is 6.69. The SMILES string of the molecule is O=CCOCCO[C@@H]1O[C@H](CO)[C@@H](OC(=O)c2ccccc2)[C@H](O)[C@H]1OC(=O)c1ccccc1. The number of aldehydes is 1. The van der Waals surface area contributed by atoms with E-state index in [4.69, 9.17) is 23.7 Å². The minimum atomic E-state index is -1.58. The summed E-state index contributed by atoms with van der Waals surface area (Å²) in [5.41, 5.74) is 0.458. The topological polar surface area (TPSA) is 138 Å². The monoisotopic (exact) mass is 474 g/mol. The highest BCUT2D eigenvalue weighted by atomic mass is 16.7. The molecule has 34 heavy (non-hydrogen) atoms. The van der Waals surface area contributed by atoms with Crippen LogP contribution in [0.1, 0.15) is 20.7 Å². The summed E-state index contributed by atoms with van der Waals surface area (Å²) in [6.07, 6.45) is -6.19. The van der Waals surface area contributed by atoms with E-state index in [0.29, 0.717) is 6.29 Å². The number of esters is 2. The predicted molar refractivity (Wildman–Crippen MR) is 116 cm³/mol. The van der Waals surface area contributed by atoms with E-state index in [2.05, 4.69) is 0 Å². The van der Waals surface area contributed by atoms with Gasteiger partial charge < -0.3 is 38.7 Å². The molecule has 182 valence electrons. The maximum atomic E-state index is 12.7. The first kappa shape index (κ1) is 25.5. The van der Waals surface area contributed by atoms with Crippen LogP contribution in [-0.4, -0.2) is 85.6 Å². The summed E-state index contributed by atoms with van der Waals surface area (Å²) in [5, 5.41) is 20.8. The molecule has 0 spiro atoms. The third-order valence-electron chi connectivity index (χ3n) is 5.00. The van der Waals surface area contributed by atoms with E-state index in [1.165, 1.54) is 24.3 Å². The number of benzene rings is 2. The fourth-order valence-corrected chi connectivity index (χ4v) is 3.33. The third-order valence-corrected chi connectivity index (χ3v) is 5.00. The fourth-order valence-electron chi connectivity index (χ4n) is 3.33. The second-order valence-corrected chi connectivity index (χ2v) is 7.30. The molecular formula is C24H26O10. The van der Waals surface area contributed by atoms with E-state index < -0.39 is 49.3 Å². The summed E-state index contributed by atoms with van der Waals surface area (Å²) < 4.78 is 27.2. The molecular weight excluding hydrogens is 448 g/mol. The molecule has 0 radical (unpaired) electrons. The molecule has 2 aromatic rings. The Morgan fingerprint density at radius 3 is 1.97 bits per heavy atom. The summed E-state index contributed by atoms with van der Waals surface area (Å²) in [5.74, 6) is -1.50. The van der Waals surface area contributed by atoms with Gasteiger partial charge in [-0.3, -0.25) is 0 Å². The zero-order valence-corrected chi connectivity index (χ0v) is 18.2. The number of carbonyl (C=O) groups excluding carboxylic acids is 3. The van der Waals surface area contributed by atoms with Crippen LogP contribution in [0.3, 0.4) is 0 Å². The number of carbonyl (C=O) groups is 3. The molecule has 1 fully saturated rings. The van der Waals surface area contributed by atoms with Gasteiger partial charge >= 0.3 is 11.9 Å². The van der Waals surface area contributed by atoms with Gasteiger partial charge in [-0.1, -0.05) is 36.4 Å². The van der Waals surface area contributed by atoms with Crippen LogP contribution in [0, 0.1) is 0 Å². The van der Waals surface area contributed by atoms with Crippen LogP contribution in [0.25, 0.3) is 0 Å². The molecule has 1 aliphatic rings. The van der Waals surface area contributed by atoms with Gasteiger partial charge in [0, 0.05) is 0 Å². The van der Waals surface area contributed by atoms with Crippen molar-refractivity contribution in [2.45, 2.75) is 30.7 Å². The lowest BCUT2D eigenvalue weighted by Crippen LogP contribution is -2.61. The molecule has 0 amide bonds. The summed E-state index contributed by atoms with van der Waals surface area (Å²) in [6.45, 7) is -0.757. The average Bonchev–Trinajstić information content (AvgIpc) is 2.88. The Hall–Kier alpha value is -3.15. The molecule has 0 bridgehead atoms. The Kier molecular flexibility index (Phi) is 9.68. The van der Waals surface area contributed by atoms with Crippen LogP contribution in [-0.2, 0) is 28.5 Å². The fraction of sp³-hybridized carbons (Fsp3) is 0.375. The average molecular weight is 474 g/mol. The predicted octanol–water partition coefficient (Wildman–Crippen LogP) is 0.748. The van der Waals surface area contributed by atoms with Gasteiger partial charge in [-0.2, -0.15) is 0 Å². The van der Waals surface area contributed by atoms with E-state index >= 15 is 0 Å². The molecule has 1 heterocycles. The standard InChI is InChI=1S/C24H26O10/c25-11-12-30-13-14-31-24-21(34-23(29)17-9-5-2-6-10-17)19(27)20(18(15-26)32-24)33-22(28)16-7-3-1-4-8-16/h1-11,18-21,24,26-27H,12-15H2/t18-,19+,20-,21-,24-/m1/s1. The number of hydrogen-bond donors (Lipinski definition) is 2. The molecule has 0 aliphatic carbocycles. The summed E-state index contributed by atoms with van der Waals surface area (Å²) in [4.78, 5) is 35.6. The first-order valence-electron chi connectivity index (χ1n) is 10.6. The molecule has 0 unspecified atom stereocenters. The number of aliphatic hydroxyl groups excluding tert-OH is 2. The van der Waals surface area contributed by atoms with Crippen LogP contribution < -0.4 is 0 Å². The number of ether oxygens (including phenoxy) is 5. The molecule has 3 rings (SSSR count). The maximum Gasteiger partial charge on any atom is 0.338 e. The Morgan fingerprint density at radius 2 is 1.44 bits per heavy atom. The molecule has 1 aliphatic heterocycles. The quantitative estimate of drug-likeness (QED) is 0.273. The van der Waals surface area contributed by atoms with Gasteiger partial charge in [0.15, 0.2) is 18.5 Å². The second-order valence-electron chi connectivity index (χ2n) is 7.30. The Bertz CT molecular complexity index is 920. The molecule has 0 aromatic heterocycles. The highest BCUT2D eigenvalue weighted by molar-refractivity contribution is 5.90. The van der Waals surface area contributed by atoms with Crippen molar-refractivity contribution < 1.29 is 48.3 Å². The molecule has 0 saturated carbocycles. The maximum absolute atomic E-state index is 12.7. The Morgan fingerprint density at radius 1 is 0.882 bits per heavy atom. The smallest absolute Gasteiger partial charge is 0.338 e. The van der Waals surface area contributed by atoms with Gasteiger partial charge in [0.25, 0.3) is 0 Å². The van der Waals surface area contributed by atoms with Gasteiger partial charge in [0.2, 0.25) is 0 Å². The Labute approximate surface area is 196 Å². The van der Waals surface area contributed by atoms with Crippen LogP contribution in [0.15, 0.2) is 60.7 Å². The van der Waals surface area contributed by atoms with Crippen molar-refractivity contribution in [1.82, 2.24) is 0 Å². The summed E-state index contributed by atoms with van der Waals surface area (Å²) >= 11 is 0. The van der Waals surface area contributed by atoms with Crippen molar-refractivity contribution in [3.63, 3.8) is 0 Å². The zero-order chi connectivity index (χ0) is 24.3. The lowest BCUT2D eigenvalue weighted by molar-refractivity contribution is -0.300. The normalized spacial score (nSPS) is 24.2. The molecule has 5 atom stereocenters. The van der Waals surface area contributed by atoms with Gasteiger partial charge in [-0.15, -0.1) is 0 Å². The van der Waals surface area contributed by atoms with Crippen LogP contribution in [0.5, 0.6) is 0 Å². The van der Waals surface area contributed by atoms with Gasteiger partial charge in [0.05, 0.1) is 30.9 Å². The molecule has 2 N–H and O–H groups in total. The highest BCUT2D eigenvalue weighted by Crippen LogP contribution is 2.28. The minimum absolute atomic E-state index is 0.0320. The van der Waals surface area contributed by atoms with Crippen molar-refractivity contribution in [2.24, 2.45) is 0 Å². The highest BCUT2D eigenvalue weighted by Gasteiger charge is 2.50. The summed E-state index contributed by atoms with van der Waals surface area (Å²) in [6, 6.07) is 16.2. The lowest BCUT2D eigenvalue weighted by atomic mass is 9.98. The van der Waals surface area contributed by atoms with Crippen LogP contribution >= 0.6 is 0 Å². The summed E-state index contributed by atoms with van der Waals surface area (Å²) in [7, 11) is 0. The van der Waals surface area contributed by atoms with Crippen molar-refractivity contribution in [1.29, 1.82) is 0 Å². The second kappa shape index (κ2) is 12.9. The van der Waals surface area contributed by atoms with Crippen LogP contribution in [0.2, 0.25) is 0 Å². The lowest BCUT2D eigenvalue weighted by Gasteiger charge is -2.42. The Balaban J connectivity index is 1.77. The van der Waals surface area contributed by atoms with Crippen molar-refractivity contribution in [3.05, 3.63) is 71.8 Å². The molecule has 2 aromatic carbocycles. The van der Waals surface area contributed by atoms with Gasteiger partial charge in [-0.05, 0) is 24.3 Å². The largest absolute Gasteiger partial charge is 0.453 e. The molecule has 10 nitrogen and oxygen atoms in total. The van der Waals surface area contributed by atoms with E-state index in [9.17, 15) is 24.6 Å². The van der Waals surface area contributed by atoms with E-state index in [1.807, 2.05) is 0 Å². The van der Waals surface area contributed by atoms with E-state index in [1.54, 1.807) is 36.4 Å². The first-order valence-corrected chi connectivity index (χ1v) is 10.6. The van der Waals surface area contributed by atoms with Crippen molar-refractivity contribution in [2.75, 3.05) is 26.4 Å². The number of aliphatic hydroxyl groups is 2.